The van der Waals surface area contributed by atoms with Crippen LogP contribution in [-0.2, 0) is 4.79 Å². The lowest BCUT2D eigenvalue weighted by Crippen LogP contribution is -2.48. The third-order valence-electron chi connectivity index (χ3n) is 3.88. The van der Waals surface area contributed by atoms with Gasteiger partial charge in [-0.3, -0.25) is 10.1 Å². The number of urea groups is 1. The lowest BCUT2D eigenvalue weighted by atomic mass is 9.86. The average Bonchev–Trinajstić information content (AvgIpc) is 2.49. The summed E-state index contributed by atoms with van der Waals surface area (Å²) in [6.07, 6.45) is 4.41. The van der Waals surface area contributed by atoms with Crippen LogP contribution in [0.25, 0.3) is 0 Å². The predicted octanol–water partition coefficient (Wildman–Crippen LogP) is 3.23. The van der Waals surface area contributed by atoms with E-state index in [0.29, 0.717) is 11.7 Å². The van der Waals surface area contributed by atoms with Gasteiger partial charge in [0, 0.05) is 6.04 Å². The van der Waals surface area contributed by atoms with Crippen LogP contribution in [-0.4, -0.2) is 24.6 Å². The number of para-hydroxylation sites is 1. The molecule has 1 aromatic carbocycles. The molecule has 0 unspecified atom stereocenters. The summed E-state index contributed by atoms with van der Waals surface area (Å²) in [5.74, 6) is 0.557. The summed E-state index contributed by atoms with van der Waals surface area (Å²) >= 11 is 3.33. The number of carbonyl (C=O) groups excluding carboxylic acids is 2. The maximum atomic E-state index is 11.8. The molecule has 2 rings (SSSR count). The fourth-order valence-corrected chi connectivity index (χ4v) is 3.00. The molecular formula is C16H21BrN2O3. The Labute approximate surface area is 138 Å². The summed E-state index contributed by atoms with van der Waals surface area (Å²) < 4.78 is 6.14. The van der Waals surface area contributed by atoms with E-state index < -0.39 is 11.9 Å². The zero-order valence-electron chi connectivity index (χ0n) is 12.6. The highest BCUT2D eigenvalue weighted by Crippen LogP contribution is 2.24. The van der Waals surface area contributed by atoms with Crippen LogP contribution in [0.4, 0.5) is 4.79 Å². The van der Waals surface area contributed by atoms with Gasteiger partial charge in [0.1, 0.15) is 5.75 Å². The molecule has 0 radical (unpaired) electrons. The van der Waals surface area contributed by atoms with E-state index in [1.165, 1.54) is 6.42 Å². The van der Waals surface area contributed by atoms with Gasteiger partial charge in [-0.2, -0.15) is 0 Å². The van der Waals surface area contributed by atoms with Gasteiger partial charge in [0.15, 0.2) is 6.61 Å². The number of carbonyl (C=O) groups is 2. The molecule has 0 spiro atoms. The Balaban J connectivity index is 1.74. The minimum atomic E-state index is -0.461. The van der Waals surface area contributed by atoms with Crippen LogP contribution in [0.5, 0.6) is 5.75 Å². The molecule has 3 amide bonds. The summed E-state index contributed by atoms with van der Waals surface area (Å²) in [6, 6.07) is 6.95. The Morgan fingerprint density at radius 1 is 1.27 bits per heavy atom. The van der Waals surface area contributed by atoms with E-state index in [2.05, 4.69) is 33.5 Å². The molecule has 1 saturated carbocycles. The van der Waals surface area contributed by atoms with E-state index in [1.54, 1.807) is 6.07 Å². The van der Waals surface area contributed by atoms with Crippen molar-refractivity contribution in [3.8, 4) is 5.75 Å². The van der Waals surface area contributed by atoms with Gasteiger partial charge in [0.05, 0.1) is 4.47 Å². The third kappa shape index (κ3) is 5.02. The Morgan fingerprint density at radius 3 is 2.73 bits per heavy atom. The minimum Gasteiger partial charge on any atom is -0.483 e. The number of hydrogen-bond acceptors (Lipinski definition) is 3. The number of nitrogens with one attached hydrogen (secondary N) is 2. The maximum Gasteiger partial charge on any atom is 0.321 e. The van der Waals surface area contributed by atoms with Gasteiger partial charge in [-0.1, -0.05) is 31.9 Å². The molecule has 1 aromatic rings. The van der Waals surface area contributed by atoms with E-state index in [-0.39, 0.29) is 12.6 Å². The topological polar surface area (TPSA) is 67.4 Å². The van der Waals surface area contributed by atoms with Crippen molar-refractivity contribution in [3.05, 3.63) is 28.7 Å². The second-order valence-corrected chi connectivity index (χ2v) is 6.46. The van der Waals surface area contributed by atoms with Gasteiger partial charge in [0.2, 0.25) is 0 Å². The predicted molar refractivity (Wildman–Crippen MR) is 87.7 cm³/mol. The van der Waals surface area contributed by atoms with E-state index in [4.69, 9.17) is 4.74 Å². The van der Waals surface area contributed by atoms with Gasteiger partial charge in [0.25, 0.3) is 5.91 Å². The van der Waals surface area contributed by atoms with Crippen molar-refractivity contribution in [2.75, 3.05) is 6.61 Å². The molecule has 0 aromatic heterocycles. The van der Waals surface area contributed by atoms with Gasteiger partial charge in [-0.15, -0.1) is 0 Å². The molecule has 6 heteroatoms. The molecule has 0 bridgehead atoms. The van der Waals surface area contributed by atoms with Crippen molar-refractivity contribution in [1.82, 2.24) is 10.6 Å². The summed E-state index contributed by atoms with van der Waals surface area (Å²) in [5, 5.41) is 5.18. The summed E-state index contributed by atoms with van der Waals surface area (Å²) in [5.41, 5.74) is 0. The molecule has 5 nitrogen and oxygen atoms in total. The highest BCUT2D eigenvalue weighted by atomic mass is 79.9. The summed E-state index contributed by atoms with van der Waals surface area (Å²) in [4.78, 5) is 23.6. The number of amides is 3. The van der Waals surface area contributed by atoms with Crippen molar-refractivity contribution in [2.24, 2.45) is 5.92 Å². The molecule has 1 aliphatic carbocycles. The number of rotatable bonds is 4. The van der Waals surface area contributed by atoms with Crippen LogP contribution in [0.3, 0.4) is 0 Å². The van der Waals surface area contributed by atoms with E-state index in [1.807, 2.05) is 18.2 Å². The largest absolute Gasteiger partial charge is 0.483 e. The highest BCUT2D eigenvalue weighted by molar-refractivity contribution is 9.10. The zero-order chi connectivity index (χ0) is 15.9. The normalized spacial score (nSPS) is 21.0. The first-order chi connectivity index (χ1) is 10.6. The van der Waals surface area contributed by atoms with Crippen molar-refractivity contribution in [1.29, 1.82) is 0 Å². The summed E-state index contributed by atoms with van der Waals surface area (Å²) in [7, 11) is 0. The van der Waals surface area contributed by atoms with Crippen molar-refractivity contribution in [2.45, 2.75) is 38.6 Å². The van der Waals surface area contributed by atoms with Crippen molar-refractivity contribution < 1.29 is 14.3 Å². The Bertz CT molecular complexity index is 536. The number of halogens is 1. The van der Waals surface area contributed by atoms with Gasteiger partial charge in [-0.25, -0.2) is 4.79 Å². The first kappa shape index (κ1) is 16.8. The quantitative estimate of drug-likeness (QED) is 0.856. The van der Waals surface area contributed by atoms with Gasteiger partial charge < -0.3 is 10.1 Å². The van der Waals surface area contributed by atoms with E-state index in [9.17, 15) is 9.59 Å². The average molecular weight is 369 g/mol. The van der Waals surface area contributed by atoms with Crippen molar-refractivity contribution in [3.63, 3.8) is 0 Å². The first-order valence-corrected chi connectivity index (χ1v) is 8.33. The molecule has 0 heterocycles. The van der Waals surface area contributed by atoms with Gasteiger partial charge >= 0.3 is 6.03 Å². The van der Waals surface area contributed by atoms with Crippen LogP contribution in [0.1, 0.15) is 32.6 Å². The van der Waals surface area contributed by atoms with Crippen molar-refractivity contribution >= 4 is 27.9 Å². The number of ether oxygens (including phenoxy) is 1. The standard InChI is InChI=1S/C16H21BrN2O3/c1-11-6-2-4-8-13(11)18-16(21)19-15(20)10-22-14-9-5-3-7-12(14)17/h3,5,7,9,11,13H,2,4,6,8,10H2,1H3,(H2,18,19,20,21)/t11-,13+/m0/s1. The molecule has 2 N–H and O–H groups in total. The fourth-order valence-electron chi connectivity index (χ4n) is 2.60. The smallest absolute Gasteiger partial charge is 0.321 e. The first-order valence-electron chi connectivity index (χ1n) is 7.54. The maximum absolute atomic E-state index is 11.8. The third-order valence-corrected chi connectivity index (χ3v) is 4.53. The lowest BCUT2D eigenvalue weighted by molar-refractivity contribution is -0.122. The van der Waals surface area contributed by atoms with Crippen LogP contribution in [0.15, 0.2) is 28.7 Å². The van der Waals surface area contributed by atoms with Crippen LogP contribution >= 0.6 is 15.9 Å². The Kier molecular flexibility index (Phi) is 6.24. The van der Waals surface area contributed by atoms with Crippen LogP contribution in [0.2, 0.25) is 0 Å². The van der Waals surface area contributed by atoms with Crippen LogP contribution in [0, 0.1) is 5.92 Å². The second kappa shape index (κ2) is 8.17. The summed E-state index contributed by atoms with van der Waals surface area (Å²) in [6.45, 7) is 1.93. The lowest BCUT2D eigenvalue weighted by Gasteiger charge is -2.29. The molecule has 1 fully saturated rings. The molecular weight excluding hydrogens is 348 g/mol. The van der Waals surface area contributed by atoms with Gasteiger partial charge in [-0.05, 0) is 46.8 Å². The van der Waals surface area contributed by atoms with Crippen LogP contribution < -0.4 is 15.4 Å². The Morgan fingerprint density at radius 2 is 2.00 bits per heavy atom. The monoisotopic (exact) mass is 368 g/mol. The molecule has 1 aliphatic rings. The number of hydrogen-bond donors (Lipinski definition) is 2. The molecule has 0 saturated heterocycles. The number of benzene rings is 1. The van der Waals surface area contributed by atoms with E-state index >= 15 is 0 Å². The number of imide groups is 1. The minimum absolute atomic E-state index is 0.144. The second-order valence-electron chi connectivity index (χ2n) is 5.61. The molecule has 2 atom stereocenters. The molecule has 120 valence electrons. The molecule has 0 aliphatic heterocycles. The fraction of sp³-hybridized carbons (Fsp3) is 0.500. The SMILES string of the molecule is C[C@H]1CCCC[C@H]1NC(=O)NC(=O)COc1ccccc1Br. The molecule has 22 heavy (non-hydrogen) atoms. The Hall–Kier alpha value is -1.56. The zero-order valence-corrected chi connectivity index (χ0v) is 14.2. The van der Waals surface area contributed by atoms with E-state index in [0.717, 1.165) is 23.7 Å². The highest BCUT2D eigenvalue weighted by Gasteiger charge is 2.23.